The Bertz CT molecular complexity index is 1260. The first-order valence-corrected chi connectivity index (χ1v) is 13.2. The summed E-state index contributed by atoms with van der Waals surface area (Å²) in [6.07, 6.45) is 1.57. The third-order valence-electron chi connectivity index (χ3n) is 5.06. The normalized spacial score (nSPS) is 14.3. The molecule has 38 heavy (non-hydrogen) atoms. The van der Waals surface area contributed by atoms with E-state index in [-0.39, 0.29) is 27.8 Å². The van der Waals surface area contributed by atoms with Crippen molar-refractivity contribution >= 4 is 58.1 Å². The van der Waals surface area contributed by atoms with Crippen LogP contribution in [0.25, 0.3) is 6.08 Å². The molecule has 2 aromatic rings. The molecule has 0 aliphatic carbocycles. The first-order chi connectivity index (χ1) is 18.1. The molecular weight excluding hydrogens is 532 g/mol. The van der Waals surface area contributed by atoms with Crippen LogP contribution in [0.4, 0.5) is 10.5 Å². The Balaban J connectivity index is 1.71. The second-order valence-corrected chi connectivity index (χ2v) is 9.98. The summed E-state index contributed by atoms with van der Waals surface area (Å²) in [5.74, 6) is -0.363. The van der Waals surface area contributed by atoms with Gasteiger partial charge in [0.05, 0.1) is 35.3 Å². The number of amides is 3. The van der Waals surface area contributed by atoms with Crippen molar-refractivity contribution < 1.29 is 33.4 Å². The number of carbonyl (C=O) groups excluding carboxylic acids is 4. The number of hydrogen-bond donors (Lipinski definition) is 1. The summed E-state index contributed by atoms with van der Waals surface area (Å²) in [6, 6.07) is 9.58. The minimum absolute atomic E-state index is 0.0902. The van der Waals surface area contributed by atoms with E-state index in [1.54, 1.807) is 31.2 Å². The highest BCUT2D eigenvalue weighted by Crippen LogP contribution is 2.35. The van der Waals surface area contributed by atoms with E-state index in [2.05, 4.69) is 5.32 Å². The zero-order valence-electron chi connectivity index (χ0n) is 21.5. The Labute approximate surface area is 230 Å². The molecule has 1 heterocycles. The molecule has 11 heteroatoms. The van der Waals surface area contributed by atoms with Crippen LogP contribution in [0.3, 0.4) is 0 Å². The van der Waals surface area contributed by atoms with Crippen LogP contribution in [-0.4, -0.2) is 54.3 Å². The molecule has 0 radical (unpaired) electrons. The van der Waals surface area contributed by atoms with Gasteiger partial charge in [-0.15, -0.1) is 0 Å². The highest BCUT2D eigenvalue weighted by Gasteiger charge is 2.36. The molecule has 0 atom stereocenters. The Morgan fingerprint density at radius 2 is 1.82 bits per heavy atom. The van der Waals surface area contributed by atoms with E-state index in [0.29, 0.717) is 36.2 Å². The Hall–Kier alpha value is -3.50. The molecule has 1 saturated heterocycles. The number of esters is 1. The number of rotatable bonds is 11. The van der Waals surface area contributed by atoms with Crippen molar-refractivity contribution in [3.63, 3.8) is 0 Å². The maximum absolute atomic E-state index is 12.9. The number of nitrogens with one attached hydrogen (secondary N) is 1. The lowest BCUT2D eigenvalue weighted by Gasteiger charge is -2.14. The first-order valence-electron chi connectivity index (χ1n) is 12.0. The van der Waals surface area contributed by atoms with Crippen LogP contribution in [0.15, 0.2) is 41.3 Å². The summed E-state index contributed by atoms with van der Waals surface area (Å²) >= 11 is 6.79. The summed E-state index contributed by atoms with van der Waals surface area (Å²) in [5, 5.41) is 2.18. The number of thioether (sulfide) groups is 1. The van der Waals surface area contributed by atoms with Gasteiger partial charge in [0.25, 0.3) is 11.1 Å². The second-order valence-electron chi connectivity index (χ2n) is 8.58. The van der Waals surface area contributed by atoms with Gasteiger partial charge in [-0.25, -0.2) is 4.79 Å². The van der Waals surface area contributed by atoms with Crippen molar-refractivity contribution in [1.29, 1.82) is 0 Å². The second kappa shape index (κ2) is 13.3. The molecule has 0 aromatic heterocycles. The lowest BCUT2D eigenvalue weighted by Crippen LogP contribution is -2.36. The zero-order valence-corrected chi connectivity index (χ0v) is 23.1. The average molecular weight is 561 g/mol. The van der Waals surface area contributed by atoms with Crippen LogP contribution in [0, 0.1) is 5.92 Å². The van der Waals surface area contributed by atoms with Crippen molar-refractivity contribution in [2.75, 3.05) is 31.7 Å². The standard InChI is InChI=1S/C27H29ClN2O7S/c1-5-35-22-11-17(7-10-21(22)37-15-16(3)4)12-23-25(32)30(27(34)38-23)14-24(31)29-18-8-9-20(28)19(13-18)26(33)36-6-2/h7-13,16H,5-6,14-15H2,1-4H3,(H,29,31)/b23-12-. The molecule has 0 spiro atoms. The van der Waals surface area contributed by atoms with Crippen LogP contribution >= 0.6 is 23.4 Å². The van der Waals surface area contributed by atoms with Crippen LogP contribution in [0.1, 0.15) is 43.6 Å². The monoisotopic (exact) mass is 560 g/mol. The highest BCUT2D eigenvalue weighted by atomic mass is 35.5. The predicted octanol–water partition coefficient (Wildman–Crippen LogP) is 5.63. The fourth-order valence-corrected chi connectivity index (χ4v) is 4.39. The minimum Gasteiger partial charge on any atom is -0.490 e. The van der Waals surface area contributed by atoms with Gasteiger partial charge >= 0.3 is 5.97 Å². The smallest absolute Gasteiger partial charge is 0.339 e. The number of benzene rings is 2. The summed E-state index contributed by atoms with van der Waals surface area (Å²) in [4.78, 5) is 51.2. The van der Waals surface area contributed by atoms with Crippen molar-refractivity contribution in [2.24, 2.45) is 5.92 Å². The number of imide groups is 1. The number of nitrogens with zero attached hydrogens (tertiary/aromatic N) is 1. The van der Waals surface area contributed by atoms with Crippen molar-refractivity contribution in [3.8, 4) is 11.5 Å². The number of halogens is 1. The van der Waals surface area contributed by atoms with Gasteiger partial charge in [-0.1, -0.05) is 31.5 Å². The molecule has 0 bridgehead atoms. The summed E-state index contributed by atoms with van der Waals surface area (Å²) in [7, 11) is 0. The maximum atomic E-state index is 12.9. The van der Waals surface area contributed by atoms with E-state index in [1.165, 1.54) is 18.2 Å². The molecule has 1 N–H and O–H groups in total. The largest absolute Gasteiger partial charge is 0.490 e. The maximum Gasteiger partial charge on any atom is 0.339 e. The molecule has 3 amide bonds. The molecule has 0 saturated carbocycles. The molecule has 2 aromatic carbocycles. The van der Waals surface area contributed by atoms with E-state index in [0.717, 1.165) is 16.7 Å². The molecule has 1 aliphatic rings. The highest BCUT2D eigenvalue weighted by molar-refractivity contribution is 8.18. The third kappa shape index (κ3) is 7.52. The van der Waals surface area contributed by atoms with Gasteiger partial charge in [0.2, 0.25) is 5.91 Å². The first kappa shape index (κ1) is 29.1. The minimum atomic E-state index is -0.628. The molecule has 3 rings (SSSR count). The fraction of sp³-hybridized carbons (Fsp3) is 0.333. The third-order valence-corrected chi connectivity index (χ3v) is 6.30. The van der Waals surface area contributed by atoms with Gasteiger partial charge < -0.3 is 19.5 Å². The Kier molecular flexibility index (Phi) is 10.2. The van der Waals surface area contributed by atoms with Gasteiger partial charge in [0, 0.05) is 5.69 Å². The van der Waals surface area contributed by atoms with E-state index < -0.39 is 29.6 Å². The van der Waals surface area contributed by atoms with Crippen molar-refractivity contribution in [1.82, 2.24) is 4.90 Å². The molecule has 9 nitrogen and oxygen atoms in total. The topological polar surface area (TPSA) is 111 Å². The summed E-state index contributed by atoms with van der Waals surface area (Å²) in [6.45, 7) is 8.24. The number of anilines is 1. The molecule has 1 aliphatic heterocycles. The number of carbonyl (C=O) groups is 4. The van der Waals surface area contributed by atoms with Crippen molar-refractivity contribution in [3.05, 3.63) is 57.5 Å². The lowest BCUT2D eigenvalue weighted by molar-refractivity contribution is -0.127. The van der Waals surface area contributed by atoms with Gasteiger partial charge in [0.15, 0.2) is 11.5 Å². The number of ether oxygens (including phenoxy) is 3. The lowest BCUT2D eigenvalue weighted by atomic mass is 10.1. The number of hydrogen-bond acceptors (Lipinski definition) is 8. The quantitative estimate of drug-likeness (QED) is 0.278. The summed E-state index contributed by atoms with van der Waals surface area (Å²) in [5.41, 5.74) is 1.01. The molecule has 0 unspecified atom stereocenters. The van der Waals surface area contributed by atoms with E-state index in [9.17, 15) is 19.2 Å². The summed E-state index contributed by atoms with van der Waals surface area (Å²) < 4.78 is 16.4. The fourth-order valence-electron chi connectivity index (χ4n) is 3.36. The Morgan fingerprint density at radius 3 is 2.50 bits per heavy atom. The van der Waals surface area contributed by atoms with E-state index in [1.807, 2.05) is 20.8 Å². The Morgan fingerprint density at radius 1 is 1.05 bits per heavy atom. The van der Waals surface area contributed by atoms with Crippen molar-refractivity contribution in [2.45, 2.75) is 27.7 Å². The van der Waals surface area contributed by atoms with Gasteiger partial charge in [-0.3, -0.25) is 19.3 Å². The SMILES string of the molecule is CCOC(=O)c1cc(NC(=O)CN2C(=O)S/C(=C\c3ccc(OCC(C)C)c(OCC)c3)C2=O)ccc1Cl. The van der Waals surface area contributed by atoms with Gasteiger partial charge in [0.1, 0.15) is 6.54 Å². The molecule has 1 fully saturated rings. The predicted molar refractivity (Wildman–Crippen MR) is 147 cm³/mol. The average Bonchev–Trinajstić information content (AvgIpc) is 3.12. The van der Waals surface area contributed by atoms with Gasteiger partial charge in [-0.2, -0.15) is 0 Å². The van der Waals surface area contributed by atoms with Crippen LogP contribution < -0.4 is 14.8 Å². The molecule has 202 valence electrons. The van der Waals surface area contributed by atoms with E-state index in [4.69, 9.17) is 25.8 Å². The van der Waals surface area contributed by atoms with Crippen LogP contribution in [0.2, 0.25) is 5.02 Å². The molecular formula is C27H29ClN2O7S. The van der Waals surface area contributed by atoms with Crippen LogP contribution in [-0.2, 0) is 14.3 Å². The van der Waals surface area contributed by atoms with Gasteiger partial charge in [-0.05, 0) is 73.5 Å². The van der Waals surface area contributed by atoms with E-state index >= 15 is 0 Å². The van der Waals surface area contributed by atoms with Crippen LogP contribution in [0.5, 0.6) is 11.5 Å². The zero-order chi connectivity index (χ0) is 27.8.